The zero-order valence-electron chi connectivity index (χ0n) is 10.1. The van der Waals surface area contributed by atoms with Crippen molar-refractivity contribution in [2.75, 3.05) is 20.2 Å². The van der Waals surface area contributed by atoms with Crippen LogP contribution in [0.4, 0.5) is 0 Å². The quantitative estimate of drug-likeness (QED) is 0.711. The standard InChI is InChI=1S/C11H22N2O2.ClH/c1-3-4-11(5-6-11)8-13-10(14)9(7-12)15-2;/h9H,3-8,12H2,1-2H3,(H,13,14);1H. The summed E-state index contributed by atoms with van der Waals surface area (Å²) in [6, 6.07) is 0. The Kier molecular flexibility index (Phi) is 6.95. The Morgan fingerprint density at radius 3 is 2.56 bits per heavy atom. The molecular weight excluding hydrogens is 228 g/mol. The molecule has 4 nitrogen and oxygen atoms in total. The molecule has 5 heteroatoms. The smallest absolute Gasteiger partial charge is 0.250 e. The van der Waals surface area contributed by atoms with Gasteiger partial charge in [-0.2, -0.15) is 0 Å². The number of nitrogens with two attached hydrogens (primary N) is 1. The van der Waals surface area contributed by atoms with Gasteiger partial charge in [-0.3, -0.25) is 4.79 Å². The Morgan fingerprint density at radius 2 is 2.19 bits per heavy atom. The Morgan fingerprint density at radius 1 is 1.56 bits per heavy atom. The van der Waals surface area contributed by atoms with E-state index in [9.17, 15) is 4.79 Å². The van der Waals surface area contributed by atoms with E-state index in [0.29, 0.717) is 5.41 Å². The number of hydrogen-bond donors (Lipinski definition) is 2. The van der Waals surface area contributed by atoms with Crippen molar-refractivity contribution in [1.82, 2.24) is 5.32 Å². The van der Waals surface area contributed by atoms with Gasteiger partial charge in [-0.05, 0) is 24.7 Å². The second-order valence-electron chi connectivity index (χ2n) is 4.43. The number of carbonyl (C=O) groups excluding carboxylic acids is 1. The largest absolute Gasteiger partial charge is 0.370 e. The van der Waals surface area contributed by atoms with Crippen LogP contribution in [-0.2, 0) is 9.53 Å². The van der Waals surface area contributed by atoms with Crippen molar-refractivity contribution in [3.63, 3.8) is 0 Å². The molecule has 1 amide bonds. The predicted molar refractivity (Wildman–Crippen MR) is 66.7 cm³/mol. The van der Waals surface area contributed by atoms with Gasteiger partial charge in [0.05, 0.1) is 0 Å². The fourth-order valence-electron chi connectivity index (χ4n) is 1.92. The maximum atomic E-state index is 11.6. The summed E-state index contributed by atoms with van der Waals surface area (Å²) in [6.07, 6.45) is 4.36. The van der Waals surface area contributed by atoms with Crippen molar-refractivity contribution in [2.45, 2.75) is 38.7 Å². The van der Waals surface area contributed by atoms with E-state index in [4.69, 9.17) is 10.5 Å². The van der Waals surface area contributed by atoms with Crippen LogP contribution in [0.1, 0.15) is 32.6 Å². The van der Waals surface area contributed by atoms with Gasteiger partial charge in [-0.1, -0.05) is 13.3 Å². The molecule has 96 valence electrons. The highest BCUT2D eigenvalue weighted by atomic mass is 35.5. The summed E-state index contributed by atoms with van der Waals surface area (Å²) in [5.74, 6) is -0.0811. The summed E-state index contributed by atoms with van der Waals surface area (Å²) >= 11 is 0. The molecule has 0 aromatic carbocycles. The number of nitrogens with one attached hydrogen (secondary N) is 1. The van der Waals surface area contributed by atoms with Crippen molar-refractivity contribution < 1.29 is 9.53 Å². The minimum atomic E-state index is -0.498. The number of hydrogen-bond acceptors (Lipinski definition) is 3. The van der Waals surface area contributed by atoms with Crippen molar-refractivity contribution in [3.05, 3.63) is 0 Å². The average Bonchev–Trinajstić information content (AvgIpc) is 2.98. The lowest BCUT2D eigenvalue weighted by Gasteiger charge is -2.18. The van der Waals surface area contributed by atoms with Crippen LogP contribution in [0, 0.1) is 5.41 Å². The molecule has 0 bridgehead atoms. The van der Waals surface area contributed by atoms with Crippen LogP contribution < -0.4 is 11.1 Å². The summed E-state index contributed by atoms with van der Waals surface area (Å²) in [6.45, 7) is 3.20. The molecule has 1 fully saturated rings. The van der Waals surface area contributed by atoms with Crippen LogP contribution in [0.15, 0.2) is 0 Å². The zero-order valence-corrected chi connectivity index (χ0v) is 10.9. The van der Waals surface area contributed by atoms with Crippen LogP contribution in [0.5, 0.6) is 0 Å². The molecule has 0 spiro atoms. The molecule has 16 heavy (non-hydrogen) atoms. The normalized spacial score (nSPS) is 18.4. The molecule has 0 saturated heterocycles. The van der Waals surface area contributed by atoms with Gasteiger partial charge >= 0.3 is 0 Å². The van der Waals surface area contributed by atoms with E-state index in [2.05, 4.69) is 12.2 Å². The third-order valence-corrected chi connectivity index (χ3v) is 3.17. The van der Waals surface area contributed by atoms with E-state index in [-0.39, 0.29) is 24.9 Å². The summed E-state index contributed by atoms with van der Waals surface area (Å²) in [4.78, 5) is 11.6. The highest BCUT2D eigenvalue weighted by molar-refractivity contribution is 5.85. The zero-order chi connectivity index (χ0) is 11.3. The lowest BCUT2D eigenvalue weighted by atomic mass is 10.0. The Balaban J connectivity index is 0.00000225. The maximum absolute atomic E-state index is 11.6. The fraction of sp³-hybridized carbons (Fsp3) is 0.909. The van der Waals surface area contributed by atoms with E-state index in [1.165, 1.54) is 32.8 Å². The molecule has 0 heterocycles. The van der Waals surface area contributed by atoms with Crippen LogP contribution in [0.25, 0.3) is 0 Å². The van der Waals surface area contributed by atoms with Gasteiger partial charge in [0.25, 0.3) is 0 Å². The molecule has 3 N–H and O–H groups in total. The first-order chi connectivity index (χ1) is 7.17. The monoisotopic (exact) mass is 250 g/mol. The highest BCUT2D eigenvalue weighted by Crippen LogP contribution is 2.48. The van der Waals surface area contributed by atoms with Gasteiger partial charge in [0, 0.05) is 20.2 Å². The first-order valence-corrected chi connectivity index (χ1v) is 5.68. The van der Waals surface area contributed by atoms with E-state index in [1.54, 1.807) is 0 Å². The molecule has 1 rings (SSSR count). The number of carbonyl (C=O) groups is 1. The van der Waals surface area contributed by atoms with Gasteiger partial charge in [-0.25, -0.2) is 0 Å². The van der Waals surface area contributed by atoms with Gasteiger partial charge in [0.1, 0.15) is 6.10 Å². The minimum Gasteiger partial charge on any atom is -0.370 e. The third kappa shape index (κ3) is 4.28. The van der Waals surface area contributed by atoms with Crippen LogP contribution in [-0.4, -0.2) is 32.2 Å². The van der Waals surface area contributed by atoms with E-state index < -0.39 is 6.10 Å². The number of methoxy groups -OCH3 is 1. The van der Waals surface area contributed by atoms with Gasteiger partial charge in [0.15, 0.2) is 0 Å². The maximum Gasteiger partial charge on any atom is 0.250 e. The van der Waals surface area contributed by atoms with Crippen molar-refractivity contribution in [1.29, 1.82) is 0 Å². The molecule has 1 aliphatic rings. The second kappa shape index (κ2) is 7.09. The lowest BCUT2D eigenvalue weighted by Crippen LogP contribution is -2.42. The number of halogens is 1. The number of rotatable bonds is 7. The second-order valence-corrected chi connectivity index (χ2v) is 4.43. The van der Waals surface area contributed by atoms with E-state index in [0.717, 1.165) is 6.54 Å². The Labute approximate surface area is 104 Å². The van der Waals surface area contributed by atoms with Crippen molar-refractivity contribution in [2.24, 2.45) is 11.1 Å². The Hall–Kier alpha value is -0.320. The molecule has 1 atom stereocenters. The first-order valence-electron chi connectivity index (χ1n) is 5.68. The summed E-state index contributed by atoms with van der Waals surface area (Å²) < 4.78 is 4.97. The average molecular weight is 251 g/mol. The molecule has 1 aliphatic carbocycles. The highest BCUT2D eigenvalue weighted by Gasteiger charge is 2.41. The fourth-order valence-corrected chi connectivity index (χ4v) is 1.92. The van der Waals surface area contributed by atoms with E-state index in [1.807, 2.05) is 0 Å². The van der Waals surface area contributed by atoms with Crippen LogP contribution in [0.3, 0.4) is 0 Å². The molecule has 0 aromatic heterocycles. The Bertz CT molecular complexity index is 216. The van der Waals surface area contributed by atoms with Crippen molar-refractivity contribution in [3.8, 4) is 0 Å². The molecule has 0 aromatic rings. The predicted octanol–water partition coefficient (Wildman–Crippen LogP) is 1.08. The number of ether oxygens (including phenoxy) is 1. The van der Waals surface area contributed by atoms with E-state index >= 15 is 0 Å². The topological polar surface area (TPSA) is 64.4 Å². The van der Waals surface area contributed by atoms with Gasteiger partial charge < -0.3 is 15.8 Å². The molecule has 1 saturated carbocycles. The SMILES string of the molecule is CCCC1(CNC(=O)C(CN)OC)CC1.Cl. The van der Waals surface area contributed by atoms with Crippen LogP contribution in [0.2, 0.25) is 0 Å². The van der Waals surface area contributed by atoms with Crippen molar-refractivity contribution >= 4 is 18.3 Å². The molecule has 0 aliphatic heterocycles. The van der Waals surface area contributed by atoms with Crippen LogP contribution >= 0.6 is 12.4 Å². The lowest BCUT2D eigenvalue weighted by molar-refractivity contribution is -0.130. The summed E-state index contributed by atoms with van der Waals surface area (Å²) in [5, 5.41) is 2.93. The van der Waals surface area contributed by atoms with Gasteiger partial charge in [0.2, 0.25) is 5.91 Å². The minimum absolute atomic E-state index is 0. The molecule has 1 unspecified atom stereocenters. The van der Waals surface area contributed by atoms with Gasteiger partial charge in [-0.15, -0.1) is 12.4 Å². The molecular formula is C11H23ClN2O2. The third-order valence-electron chi connectivity index (χ3n) is 3.17. The molecule has 0 radical (unpaired) electrons. The number of amides is 1. The first kappa shape index (κ1) is 15.7. The summed E-state index contributed by atoms with van der Waals surface area (Å²) in [7, 11) is 1.51. The summed E-state index contributed by atoms with van der Waals surface area (Å²) in [5.41, 5.74) is 5.80.